The molecule has 0 aromatic carbocycles. The predicted molar refractivity (Wildman–Crippen MR) is 61.3 cm³/mol. The maximum absolute atomic E-state index is 11.9. The van der Waals surface area contributed by atoms with Gasteiger partial charge < -0.3 is 14.4 Å². The number of carbonyl (C=O) groups excluding carboxylic acids is 2. The number of amides is 1. The summed E-state index contributed by atoms with van der Waals surface area (Å²) in [5, 5.41) is 0. The second-order valence-electron chi connectivity index (χ2n) is 5.21. The monoisotopic (exact) mass is 227 g/mol. The van der Waals surface area contributed by atoms with Gasteiger partial charge in [0.15, 0.2) is 0 Å². The first kappa shape index (κ1) is 13.0. The molecule has 0 N–H and O–H groups in total. The summed E-state index contributed by atoms with van der Waals surface area (Å²) in [6, 6.07) is 0.273. The Bertz CT molecular complexity index is 253. The van der Waals surface area contributed by atoms with Crippen LogP contribution in [0.3, 0.4) is 0 Å². The van der Waals surface area contributed by atoms with Gasteiger partial charge in [0, 0.05) is 19.0 Å². The molecule has 1 saturated carbocycles. The fraction of sp³-hybridized carbons (Fsp3) is 0.833. The zero-order chi connectivity index (χ0) is 12.2. The normalized spacial score (nSPS) is 16.4. The predicted octanol–water partition coefficient (Wildman–Crippen LogP) is 2.37. The SMILES string of the molecule is CC(C)(C)OC(=O)N(CCC=O)C1CCC1. The molecular weight excluding hydrogens is 206 g/mol. The van der Waals surface area contributed by atoms with E-state index in [1.807, 2.05) is 20.8 Å². The number of hydrogen-bond donors (Lipinski definition) is 0. The first-order valence-corrected chi connectivity index (χ1v) is 5.87. The van der Waals surface area contributed by atoms with Crippen molar-refractivity contribution in [1.29, 1.82) is 0 Å². The molecule has 1 aliphatic rings. The molecule has 16 heavy (non-hydrogen) atoms. The Morgan fingerprint density at radius 1 is 1.44 bits per heavy atom. The van der Waals surface area contributed by atoms with Crippen molar-refractivity contribution in [2.24, 2.45) is 0 Å². The molecule has 0 atom stereocenters. The van der Waals surface area contributed by atoms with Gasteiger partial charge in [-0.25, -0.2) is 4.79 Å². The molecular formula is C12H21NO3. The lowest BCUT2D eigenvalue weighted by Gasteiger charge is -2.38. The minimum atomic E-state index is -0.472. The molecule has 0 heterocycles. The van der Waals surface area contributed by atoms with E-state index in [2.05, 4.69) is 0 Å². The highest BCUT2D eigenvalue weighted by molar-refractivity contribution is 5.69. The highest BCUT2D eigenvalue weighted by atomic mass is 16.6. The van der Waals surface area contributed by atoms with E-state index in [1.54, 1.807) is 4.90 Å². The number of ether oxygens (including phenoxy) is 1. The Kier molecular flexibility index (Phi) is 4.33. The van der Waals surface area contributed by atoms with E-state index in [1.165, 1.54) is 0 Å². The van der Waals surface area contributed by atoms with Crippen molar-refractivity contribution in [3.8, 4) is 0 Å². The lowest BCUT2D eigenvalue weighted by atomic mass is 9.91. The first-order valence-electron chi connectivity index (χ1n) is 5.87. The molecule has 0 aliphatic heterocycles. The lowest BCUT2D eigenvalue weighted by molar-refractivity contribution is -0.108. The van der Waals surface area contributed by atoms with E-state index >= 15 is 0 Å². The zero-order valence-corrected chi connectivity index (χ0v) is 10.4. The van der Waals surface area contributed by atoms with E-state index in [0.29, 0.717) is 13.0 Å². The molecule has 0 aromatic heterocycles. The minimum absolute atomic E-state index is 0.273. The Morgan fingerprint density at radius 3 is 2.44 bits per heavy atom. The van der Waals surface area contributed by atoms with E-state index in [-0.39, 0.29) is 12.1 Å². The van der Waals surface area contributed by atoms with Crippen LogP contribution < -0.4 is 0 Å². The summed E-state index contributed by atoms with van der Waals surface area (Å²) < 4.78 is 5.32. The Labute approximate surface area is 96.9 Å². The van der Waals surface area contributed by atoms with Crippen molar-refractivity contribution < 1.29 is 14.3 Å². The van der Waals surface area contributed by atoms with Gasteiger partial charge in [-0.05, 0) is 40.0 Å². The number of nitrogens with zero attached hydrogens (tertiary/aromatic N) is 1. The quantitative estimate of drug-likeness (QED) is 0.693. The zero-order valence-electron chi connectivity index (χ0n) is 10.4. The van der Waals surface area contributed by atoms with Crippen molar-refractivity contribution in [1.82, 2.24) is 4.90 Å². The Hall–Kier alpha value is -1.06. The largest absolute Gasteiger partial charge is 0.444 e. The van der Waals surface area contributed by atoms with Crippen molar-refractivity contribution >= 4 is 12.4 Å². The molecule has 0 aromatic rings. The fourth-order valence-corrected chi connectivity index (χ4v) is 1.63. The third kappa shape index (κ3) is 3.83. The number of aldehydes is 1. The third-order valence-corrected chi connectivity index (χ3v) is 2.63. The van der Waals surface area contributed by atoms with E-state index in [9.17, 15) is 9.59 Å². The summed E-state index contributed by atoms with van der Waals surface area (Å²) in [6.45, 7) is 6.03. The van der Waals surface area contributed by atoms with Crippen molar-refractivity contribution in [3.63, 3.8) is 0 Å². The second-order valence-corrected chi connectivity index (χ2v) is 5.21. The Balaban J connectivity index is 2.53. The van der Waals surface area contributed by atoms with Gasteiger partial charge in [0.1, 0.15) is 11.9 Å². The van der Waals surface area contributed by atoms with Gasteiger partial charge in [0.05, 0.1) is 0 Å². The van der Waals surface area contributed by atoms with Crippen molar-refractivity contribution in [2.45, 2.75) is 58.1 Å². The van der Waals surface area contributed by atoms with Gasteiger partial charge in [0.25, 0.3) is 0 Å². The molecule has 92 valence electrons. The van der Waals surface area contributed by atoms with Crippen LogP contribution in [0.5, 0.6) is 0 Å². The molecule has 1 fully saturated rings. The van der Waals surface area contributed by atoms with Gasteiger partial charge in [-0.2, -0.15) is 0 Å². The summed E-state index contributed by atoms with van der Waals surface area (Å²) >= 11 is 0. The van der Waals surface area contributed by atoms with E-state index in [0.717, 1.165) is 25.5 Å². The lowest BCUT2D eigenvalue weighted by Crippen LogP contribution is -2.47. The molecule has 0 saturated heterocycles. The smallest absolute Gasteiger partial charge is 0.410 e. The molecule has 1 aliphatic carbocycles. The van der Waals surface area contributed by atoms with Gasteiger partial charge >= 0.3 is 6.09 Å². The van der Waals surface area contributed by atoms with E-state index in [4.69, 9.17) is 4.74 Å². The molecule has 4 heteroatoms. The van der Waals surface area contributed by atoms with Crippen molar-refractivity contribution in [3.05, 3.63) is 0 Å². The molecule has 0 spiro atoms. The van der Waals surface area contributed by atoms with Crippen molar-refractivity contribution in [2.75, 3.05) is 6.54 Å². The van der Waals surface area contributed by atoms with Crippen LogP contribution >= 0.6 is 0 Å². The van der Waals surface area contributed by atoms with E-state index < -0.39 is 5.60 Å². The highest BCUT2D eigenvalue weighted by Gasteiger charge is 2.31. The maximum Gasteiger partial charge on any atom is 0.410 e. The first-order chi connectivity index (χ1) is 7.44. The number of carbonyl (C=O) groups is 2. The van der Waals surface area contributed by atoms with Gasteiger partial charge in [-0.1, -0.05) is 0 Å². The number of hydrogen-bond acceptors (Lipinski definition) is 3. The van der Waals surface area contributed by atoms with Crippen LogP contribution in [0.4, 0.5) is 4.79 Å². The second kappa shape index (κ2) is 5.32. The average molecular weight is 227 g/mol. The maximum atomic E-state index is 11.9. The fourth-order valence-electron chi connectivity index (χ4n) is 1.63. The van der Waals surface area contributed by atoms with Gasteiger partial charge in [-0.3, -0.25) is 0 Å². The standard InChI is InChI=1S/C12H21NO3/c1-12(2,3)16-11(15)13(8-5-9-14)10-6-4-7-10/h9-10H,4-8H2,1-3H3. The summed E-state index contributed by atoms with van der Waals surface area (Å²) in [4.78, 5) is 24.0. The molecule has 0 unspecified atom stereocenters. The van der Waals surface area contributed by atoms with Crippen LogP contribution in [0, 0.1) is 0 Å². The minimum Gasteiger partial charge on any atom is -0.444 e. The van der Waals surface area contributed by atoms with Crippen LogP contribution in [0.1, 0.15) is 46.5 Å². The van der Waals surface area contributed by atoms with Crippen LogP contribution in [0.25, 0.3) is 0 Å². The third-order valence-electron chi connectivity index (χ3n) is 2.63. The summed E-state index contributed by atoms with van der Waals surface area (Å²) in [5.41, 5.74) is -0.472. The molecule has 1 rings (SSSR count). The molecule has 0 radical (unpaired) electrons. The molecule has 4 nitrogen and oxygen atoms in total. The van der Waals surface area contributed by atoms with Crippen LogP contribution in [-0.4, -0.2) is 35.5 Å². The summed E-state index contributed by atoms with van der Waals surface area (Å²) in [6.07, 6.45) is 4.14. The van der Waals surface area contributed by atoms with Crippen LogP contribution in [-0.2, 0) is 9.53 Å². The highest BCUT2D eigenvalue weighted by Crippen LogP contribution is 2.26. The van der Waals surface area contributed by atoms with Gasteiger partial charge in [0.2, 0.25) is 0 Å². The molecule has 1 amide bonds. The van der Waals surface area contributed by atoms with Gasteiger partial charge in [-0.15, -0.1) is 0 Å². The van der Waals surface area contributed by atoms with Crippen LogP contribution in [0.15, 0.2) is 0 Å². The number of rotatable bonds is 4. The average Bonchev–Trinajstić information content (AvgIpc) is 2.05. The summed E-state index contributed by atoms with van der Waals surface area (Å²) in [7, 11) is 0. The Morgan fingerprint density at radius 2 is 2.06 bits per heavy atom. The molecule has 0 bridgehead atoms. The van der Waals surface area contributed by atoms with Crippen LogP contribution in [0.2, 0.25) is 0 Å². The topological polar surface area (TPSA) is 46.6 Å². The summed E-state index contributed by atoms with van der Waals surface area (Å²) in [5.74, 6) is 0.